The summed E-state index contributed by atoms with van der Waals surface area (Å²) in [6, 6.07) is 8.85. The van der Waals surface area contributed by atoms with Gasteiger partial charge < -0.3 is 9.47 Å². The average Bonchev–Trinajstić information content (AvgIpc) is 2.62. The van der Waals surface area contributed by atoms with Gasteiger partial charge in [0.1, 0.15) is 23.9 Å². The molecule has 0 saturated heterocycles. The Morgan fingerprint density at radius 3 is 2.40 bits per heavy atom. The fourth-order valence-electron chi connectivity index (χ4n) is 2.70. The topological polar surface area (TPSA) is 35.5 Å². The fourth-order valence-corrected chi connectivity index (χ4v) is 2.70. The minimum absolute atomic E-state index is 0.224. The Bertz CT molecular complexity index is 753. The molecule has 0 spiro atoms. The smallest absolute Gasteiger partial charge is 0.310 e. The minimum atomic E-state index is -0.288. The van der Waals surface area contributed by atoms with Crippen LogP contribution < -0.4 is 9.47 Å². The number of ether oxygens (including phenoxy) is 2. The molecule has 0 amide bonds. The lowest BCUT2D eigenvalue weighted by atomic mass is 10.0. The van der Waals surface area contributed by atoms with Crippen LogP contribution in [0.25, 0.3) is 0 Å². The summed E-state index contributed by atoms with van der Waals surface area (Å²) in [6.07, 6.45) is 1.74. The average molecular weight is 344 g/mol. The van der Waals surface area contributed by atoms with E-state index in [-0.39, 0.29) is 18.4 Å². The first kappa shape index (κ1) is 19.0. The molecule has 0 radical (unpaired) electrons. The van der Waals surface area contributed by atoms with Crippen LogP contribution in [0.3, 0.4) is 0 Å². The second-order valence-electron chi connectivity index (χ2n) is 5.93. The zero-order valence-corrected chi connectivity index (χ0v) is 15.3. The maximum absolute atomic E-state index is 14.0. The maximum atomic E-state index is 14.0. The van der Waals surface area contributed by atoms with Gasteiger partial charge in [-0.25, -0.2) is 4.39 Å². The molecular weight excluding hydrogens is 319 g/mol. The Hall–Kier alpha value is -2.36. The third-order valence-corrected chi connectivity index (χ3v) is 4.22. The lowest BCUT2D eigenvalue weighted by molar-refractivity contribution is -0.134. The monoisotopic (exact) mass is 344 g/mol. The zero-order chi connectivity index (χ0) is 18.4. The predicted octanol–water partition coefficient (Wildman–Crippen LogP) is 5.15. The molecule has 0 saturated carbocycles. The molecule has 134 valence electrons. The number of halogens is 1. The largest absolute Gasteiger partial charge is 0.488 e. The van der Waals surface area contributed by atoms with Crippen molar-refractivity contribution in [3.63, 3.8) is 0 Å². The second kappa shape index (κ2) is 8.65. The van der Waals surface area contributed by atoms with E-state index in [4.69, 9.17) is 9.47 Å². The SMILES string of the molecule is CCC(=O)Oc1cccc(CC)c1COc1cc(F)c(CC)cc1C. The highest BCUT2D eigenvalue weighted by Crippen LogP contribution is 2.28. The second-order valence-corrected chi connectivity index (χ2v) is 5.93. The van der Waals surface area contributed by atoms with Crippen LogP contribution >= 0.6 is 0 Å². The molecule has 0 fully saturated rings. The molecule has 0 atom stereocenters. The zero-order valence-electron chi connectivity index (χ0n) is 15.3. The van der Waals surface area contributed by atoms with Crippen LogP contribution in [0.15, 0.2) is 30.3 Å². The van der Waals surface area contributed by atoms with E-state index in [0.717, 1.165) is 23.1 Å². The third kappa shape index (κ3) is 4.59. The third-order valence-electron chi connectivity index (χ3n) is 4.22. The summed E-state index contributed by atoms with van der Waals surface area (Å²) in [4.78, 5) is 11.7. The molecule has 3 nitrogen and oxygen atoms in total. The van der Waals surface area contributed by atoms with E-state index in [9.17, 15) is 9.18 Å². The first-order valence-corrected chi connectivity index (χ1v) is 8.73. The molecule has 0 bridgehead atoms. The Labute approximate surface area is 148 Å². The molecule has 0 aliphatic heterocycles. The van der Waals surface area contributed by atoms with Gasteiger partial charge in [0.05, 0.1) is 0 Å². The van der Waals surface area contributed by atoms with Crippen molar-refractivity contribution in [2.75, 3.05) is 0 Å². The van der Waals surface area contributed by atoms with Crippen LogP contribution in [-0.2, 0) is 24.2 Å². The molecule has 2 rings (SSSR count). The van der Waals surface area contributed by atoms with Crippen molar-refractivity contribution >= 4 is 5.97 Å². The fraction of sp³-hybridized carbons (Fsp3) is 0.381. The molecule has 25 heavy (non-hydrogen) atoms. The highest BCUT2D eigenvalue weighted by Gasteiger charge is 2.14. The number of hydrogen-bond acceptors (Lipinski definition) is 3. The van der Waals surface area contributed by atoms with Crippen molar-refractivity contribution in [3.8, 4) is 11.5 Å². The van der Waals surface area contributed by atoms with E-state index < -0.39 is 0 Å². The molecule has 0 aliphatic carbocycles. The van der Waals surface area contributed by atoms with Gasteiger partial charge in [-0.3, -0.25) is 4.79 Å². The van der Waals surface area contributed by atoms with E-state index in [2.05, 4.69) is 0 Å². The van der Waals surface area contributed by atoms with Crippen LogP contribution in [0.5, 0.6) is 11.5 Å². The number of carbonyl (C=O) groups is 1. The van der Waals surface area contributed by atoms with Gasteiger partial charge in [-0.2, -0.15) is 0 Å². The lowest BCUT2D eigenvalue weighted by Crippen LogP contribution is -2.10. The number of hydrogen-bond donors (Lipinski definition) is 0. The van der Waals surface area contributed by atoms with Gasteiger partial charge in [0.25, 0.3) is 0 Å². The number of esters is 1. The Morgan fingerprint density at radius 2 is 1.76 bits per heavy atom. The number of aryl methyl sites for hydroxylation is 3. The van der Waals surface area contributed by atoms with Gasteiger partial charge in [-0.1, -0.05) is 32.9 Å². The maximum Gasteiger partial charge on any atom is 0.310 e. The van der Waals surface area contributed by atoms with Crippen molar-refractivity contribution in [1.29, 1.82) is 0 Å². The van der Waals surface area contributed by atoms with E-state index in [1.165, 1.54) is 6.07 Å². The van der Waals surface area contributed by atoms with Crippen molar-refractivity contribution < 1.29 is 18.7 Å². The van der Waals surface area contributed by atoms with E-state index >= 15 is 0 Å². The van der Waals surface area contributed by atoms with Gasteiger partial charge in [0, 0.05) is 18.1 Å². The van der Waals surface area contributed by atoms with Gasteiger partial charge in [0.15, 0.2) is 0 Å². The molecule has 2 aromatic rings. The normalized spacial score (nSPS) is 10.6. The summed E-state index contributed by atoms with van der Waals surface area (Å²) < 4.78 is 25.3. The minimum Gasteiger partial charge on any atom is -0.488 e. The van der Waals surface area contributed by atoms with Crippen LogP contribution in [0, 0.1) is 12.7 Å². The summed E-state index contributed by atoms with van der Waals surface area (Å²) in [5.74, 6) is 0.469. The van der Waals surface area contributed by atoms with Crippen LogP contribution in [0.4, 0.5) is 4.39 Å². The first-order chi connectivity index (χ1) is 12.0. The predicted molar refractivity (Wildman–Crippen MR) is 96.6 cm³/mol. The van der Waals surface area contributed by atoms with Crippen molar-refractivity contribution in [2.45, 2.75) is 53.6 Å². The van der Waals surface area contributed by atoms with E-state index in [1.54, 1.807) is 13.0 Å². The van der Waals surface area contributed by atoms with Crippen molar-refractivity contribution in [3.05, 3.63) is 58.4 Å². The molecule has 0 heterocycles. The molecule has 0 aliphatic rings. The van der Waals surface area contributed by atoms with Gasteiger partial charge in [0.2, 0.25) is 0 Å². The summed E-state index contributed by atoms with van der Waals surface area (Å²) in [5.41, 5.74) is 3.44. The Balaban J connectivity index is 2.28. The van der Waals surface area contributed by atoms with Crippen LogP contribution in [-0.4, -0.2) is 5.97 Å². The van der Waals surface area contributed by atoms with Gasteiger partial charge in [-0.15, -0.1) is 0 Å². The summed E-state index contributed by atoms with van der Waals surface area (Å²) >= 11 is 0. The lowest BCUT2D eigenvalue weighted by Gasteiger charge is -2.16. The van der Waals surface area contributed by atoms with E-state index in [1.807, 2.05) is 39.0 Å². The van der Waals surface area contributed by atoms with E-state index in [0.29, 0.717) is 29.9 Å². The molecule has 0 N–H and O–H groups in total. The summed E-state index contributed by atoms with van der Waals surface area (Å²) in [7, 11) is 0. The Kier molecular flexibility index (Phi) is 6.57. The van der Waals surface area contributed by atoms with Crippen molar-refractivity contribution in [2.24, 2.45) is 0 Å². The van der Waals surface area contributed by atoms with Gasteiger partial charge in [-0.05, 0) is 48.6 Å². The molecular formula is C21H25FO3. The van der Waals surface area contributed by atoms with Crippen LogP contribution in [0.2, 0.25) is 0 Å². The molecule has 0 unspecified atom stereocenters. The molecule has 0 aromatic heterocycles. The molecule has 2 aromatic carbocycles. The van der Waals surface area contributed by atoms with Crippen LogP contribution in [0.1, 0.15) is 49.4 Å². The highest BCUT2D eigenvalue weighted by atomic mass is 19.1. The molecule has 4 heteroatoms. The van der Waals surface area contributed by atoms with Gasteiger partial charge >= 0.3 is 5.97 Å². The Morgan fingerprint density at radius 1 is 1.04 bits per heavy atom. The number of carbonyl (C=O) groups excluding carboxylic acids is 1. The first-order valence-electron chi connectivity index (χ1n) is 8.73. The summed E-state index contributed by atoms with van der Waals surface area (Å²) in [6.45, 7) is 7.83. The summed E-state index contributed by atoms with van der Waals surface area (Å²) in [5, 5.41) is 0. The quantitative estimate of drug-likeness (QED) is 0.514. The van der Waals surface area contributed by atoms with Crippen molar-refractivity contribution in [1.82, 2.24) is 0 Å². The number of benzene rings is 2. The standard InChI is InChI=1S/C21H25FO3/c1-5-15-9-8-10-19(25-21(23)7-3)17(15)13-24-20-12-18(22)16(6-2)11-14(20)4/h8-12H,5-7,13H2,1-4H3. The number of rotatable bonds is 7. The highest BCUT2D eigenvalue weighted by molar-refractivity contribution is 5.72.